The first-order valence-electron chi connectivity index (χ1n) is 11.8. The Morgan fingerprint density at radius 2 is 1.76 bits per heavy atom. The van der Waals surface area contributed by atoms with E-state index in [0.29, 0.717) is 28.9 Å². The first-order valence-corrected chi connectivity index (χ1v) is 11.8. The second-order valence-corrected chi connectivity index (χ2v) is 10.2. The van der Waals surface area contributed by atoms with Crippen molar-refractivity contribution >= 4 is 5.82 Å². The minimum absolute atomic E-state index is 0.123. The number of ether oxygens (including phenoxy) is 1. The number of phenolic OH excluding ortho intramolecular Hbond substituents is 1. The monoisotopic (exact) mass is 460 g/mol. The second kappa shape index (κ2) is 8.51. The van der Waals surface area contributed by atoms with Crippen LogP contribution in [0.3, 0.4) is 0 Å². The standard InChI is InChI=1S/C26H32N6O2/c1-25-10-5-11-26(2,31-25)15-18(14-25)32(3)23-9-8-20(29-30-23)19-7-6-17(12-22(19)33)21-13-24(34-4)28-16-27-21/h6-9,12-13,16,18,31,33H,5,10-11,14-15H2,1-4H3/t18?,25-,26+. The zero-order valence-electron chi connectivity index (χ0n) is 20.2. The van der Waals surface area contributed by atoms with Crippen molar-refractivity contribution in [2.24, 2.45) is 0 Å². The molecule has 5 rings (SSSR count). The van der Waals surface area contributed by atoms with Gasteiger partial charge in [-0.05, 0) is 70.2 Å². The molecule has 0 spiro atoms. The molecular weight excluding hydrogens is 428 g/mol. The van der Waals surface area contributed by atoms with Gasteiger partial charge < -0.3 is 20.1 Å². The summed E-state index contributed by atoms with van der Waals surface area (Å²) in [5.74, 6) is 1.45. The number of anilines is 1. The topological polar surface area (TPSA) is 96.3 Å². The fourth-order valence-corrected chi connectivity index (χ4v) is 5.78. The van der Waals surface area contributed by atoms with E-state index in [1.54, 1.807) is 19.2 Å². The third kappa shape index (κ3) is 4.30. The summed E-state index contributed by atoms with van der Waals surface area (Å²) in [6.45, 7) is 4.70. The van der Waals surface area contributed by atoms with Crippen molar-refractivity contribution in [1.29, 1.82) is 0 Å². The smallest absolute Gasteiger partial charge is 0.216 e. The first kappa shape index (κ1) is 22.5. The van der Waals surface area contributed by atoms with Crippen LogP contribution in [0.4, 0.5) is 5.82 Å². The maximum atomic E-state index is 10.7. The van der Waals surface area contributed by atoms with Gasteiger partial charge in [0, 0.05) is 41.4 Å². The molecule has 0 radical (unpaired) electrons. The van der Waals surface area contributed by atoms with Crippen LogP contribution in [0.5, 0.6) is 11.6 Å². The lowest BCUT2D eigenvalue weighted by atomic mass is 9.69. The molecular formula is C26H32N6O2. The van der Waals surface area contributed by atoms with Gasteiger partial charge in [0.15, 0.2) is 5.82 Å². The number of aromatic nitrogens is 4. The number of methoxy groups -OCH3 is 1. The highest BCUT2D eigenvalue weighted by molar-refractivity contribution is 5.73. The molecule has 0 saturated carbocycles. The molecule has 4 heterocycles. The van der Waals surface area contributed by atoms with Crippen LogP contribution in [-0.4, -0.2) is 56.5 Å². The summed E-state index contributed by atoms with van der Waals surface area (Å²) in [7, 11) is 3.67. The highest BCUT2D eigenvalue weighted by Gasteiger charge is 2.46. The number of nitrogens with zero attached hydrogens (tertiary/aromatic N) is 5. The molecule has 1 unspecified atom stereocenters. The van der Waals surface area contributed by atoms with E-state index in [1.807, 2.05) is 24.3 Å². The Labute approximate surface area is 200 Å². The lowest BCUT2D eigenvalue weighted by molar-refractivity contribution is 0.0784. The summed E-state index contributed by atoms with van der Waals surface area (Å²) in [6, 6.07) is 11.5. The van der Waals surface area contributed by atoms with Gasteiger partial charge in [-0.15, -0.1) is 10.2 Å². The highest BCUT2D eigenvalue weighted by atomic mass is 16.5. The average Bonchev–Trinajstić information content (AvgIpc) is 2.82. The maximum Gasteiger partial charge on any atom is 0.216 e. The van der Waals surface area contributed by atoms with Crippen LogP contribution in [0, 0.1) is 0 Å². The number of phenols is 1. The van der Waals surface area contributed by atoms with E-state index >= 15 is 0 Å². The molecule has 2 aliphatic rings. The van der Waals surface area contributed by atoms with Crippen molar-refractivity contribution in [2.75, 3.05) is 19.1 Å². The quantitative estimate of drug-likeness (QED) is 0.585. The molecule has 2 saturated heterocycles. The van der Waals surface area contributed by atoms with Gasteiger partial charge in [-0.2, -0.15) is 0 Å². The number of aromatic hydroxyl groups is 1. The molecule has 8 heteroatoms. The average molecular weight is 461 g/mol. The van der Waals surface area contributed by atoms with E-state index in [0.717, 1.165) is 24.2 Å². The van der Waals surface area contributed by atoms with Crippen LogP contribution < -0.4 is 15.0 Å². The van der Waals surface area contributed by atoms with E-state index in [9.17, 15) is 5.11 Å². The molecule has 2 bridgehead atoms. The van der Waals surface area contributed by atoms with E-state index in [4.69, 9.17) is 4.74 Å². The Hall–Kier alpha value is -3.26. The normalized spacial score (nSPS) is 26.2. The minimum Gasteiger partial charge on any atom is -0.507 e. The fourth-order valence-electron chi connectivity index (χ4n) is 5.78. The van der Waals surface area contributed by atoms with Crippen molar-refractivity contribution < 1.29 is 9.84 Å². The molecule has 0 amide bonds. The molecule has 2 aliphatic heterocycles. The summed E-state index contributed by atoms with van der Waals surface area (Å²) < 4.78 is 5.17. The molecule has 1 aromatic carbocycles. The molecule has 2 fully saturated rings. The van der Waals surface area contributed by atoms with Crippen molar-refractivity contribution in [3.8, 4) is 34.1 Å². The number of piperidine rings is 2. The number of hydrogen-bond donors (Lipinski definition) is 2. The van der Waals surface area contributed by atoms with Crippen molar-refractivity contribution in [2.45, 2.75) is 63.1 Å². The van der Waals surface area contributed by atoms with Crippen LogP contribution in [0.15, 0.2) is 42.7 Å². The Morgan fingerprint density at radius 3 is 2.41 bits per heavy atom. The van der Waals surface area contributed by atoms with Crippen molar-refractivity contribution in [1.82, 2.24) is 25.5 Å². The van der Waals surface area contributed by atoms with Crippen molar-refractivity contribution in [3.05, 3.63) is 42.7 Å². The second-order valence-electron chi connectivity index (χ2n) is 10.2. The van der Waals surface area contributed by atoms with Gasteiger partial charge in [-0.3, -0.25) is 0 Å². The molecule has 3 aromatic rings. The molecule has 2 N–H and O–H groups in total. The van der Waals surface area contributed by atoms with Gasteiger partial charge in [0.25, 0.3) is 0 Å². The zero-order valence-corrected chi connectivity index (χ0v) is 20.2. The minimum atomic E-state index is 0.123. The van der Waals surface area contributed by atoms with Crippen molar-refractivity contribution in [3.63, 3.8) is 0 Å². The Morgan fingerprint density at radius 1 is 1.00 bits per heavy atom. The summed E-state index contributed by atoms with van der Waals surface area (Å²) in [5.41, 5.74) is 3.05. The van der Waals surface area contributed by atoms with Gasteiger partial charge in [-0.25, -0.2) is 9.97 Å². The van der Waals surface area contributed by atoms with E-state index in [2.05, 4.69) is 51.3 Å². The van der Waals surface area contributed by atoms with Gasteiger partial charge in [-0.1, -0.05) is 6.07 Å². The number of hydrogen-bond acceptors (Lipinski definition) is 8. The molecule has 8 nitrogen and oxygen atoms in total. The Bertz CT molecular complexity index is 1170. The largest absolute Gasteiger partial charge is 0.507 e. The third-order valence-electron chi connectivity index (χ3n) is 7.41. The van der Waals surface area contributed by atoms with Gasteiger partial charge in [0.2, 0.25) is 5.88 Å². The van der Waals surface area contributed by atoms with Gasteiger partial charge in [0.05, 0.1) is 18.5 Å². The fraction of sp³-hybridized carbons (Fsp3) is 0.462. The molecule has 3 atom stereocenters. The number of nitrogens with one attached hydrogen (secondary N) is 1. The van der Waals surface area contributed by atoms with Gasteiger partial charge in [0.1, 0.15) is 12.1 Å². The lowest BCUT2D eigenvalue weighted by Gasteiger charge is -2.55. The van der Waals surface area contributed by atoms with E-state index in [1.165, 1.54) is 25.6 Å². The van der Waals surface area contributed by atoms with Crippen LogP contribution in [0.1, 0.15) is 46.0 Å². The highest BCUT2D eigenvalue weighted by Crippen LogP contribution is 2.42. The summed E-state index contributed by atoms with van der Waals surface area (Å²) in [5, 5.41) is 23.6. The van der Waals surface area contributed by atoms with Crippen LogP contribution in [0.25, 0.3) is 22.5 Å². The SMILES string of the molecule is COc1cc(-c2ccc(-c3ccc(N(C)C4C[C@]5(C)CCC[C@](C)(C4)N5)nn3)c(O)c2)ncn1. The predicted octanol–water partition coefficient (Wildman–Crippen LogP) is 4.20. The molecule has 178 valence electrons. The number of fused-ring (bicyclic) bond motifs is 2. The molecule has 34 heavy (non-hydrogen) atoms. The first-order chi connectivity index (χ1) is 16.3. The van der Waals surface area contributed by atoms with Crippen LogP contribution >= 0.6 is 0 Å². The lowest BCUT2D eigenvalue weighted by Crippen LogP contribution is -2.66. The van der Waals surface area contributed by atoms with Gasteiger partial charge >= 0.3 is 0 Å². The molecule has 0 aliphatic carbocycles. The predicted molar refractivity (Wildman–Crippen MR) is 132 cm³/mol. The van der Waals surface area contributed by atoms with Crippen LogP contribution in [-0.2, 0) is 0 Å². The number of rotatable bonds is 5. The third-order valence-corrected chi connectivity index (χ3v) is 7.41. The van der Waals surface area contributed by atoms with Crippen LogP contribution in [0.2, 0.25) is 0 Å². The summed E-state index contributed by atoms with van der Waals surface area (Å²) in [6.07, 6.45) is 7.36. The number of benzene rings is 1. The van der Waals surface area contributed by atoms with E-state index < -0.39 is 0 Å². The summed E-state index contributed by atoms with van der Waals surface area (Å²) >= 11 is 0. The molecule has 2 aromatic heterocycles. The van der Waals surface area contributed by atoms with E-state index in [-0.39, 0.29) is 16.8 Å². The Kier molecular flexibility index (Phi) is 5.64. The Balaban J connectivity index is 1.35. The maximum absolute atomic E-state index is 10.7. The summed E-state index contributed by atoms with van der Waals surface area (Å²) in [4.78, 5) is 10.6. The zero-order chi connectivity index (χ0) is 23.9.